The molecule has 3 aliphatic carbocycles. The minimum atomic E-state index is -0.108. The predicted molar refractivity (Wildman–Crippen MR) is 77.4 cm³/mol. The average molecular weight is 327 g/mol. The quantitative estimate of drug-likeness (QED) is 0.743. The van der Waals surface area contributed by atoms with Gasteiger partial charge in [-0.05, 0) is 17.4 Å². The number of allylic oxidation sites excluding steroid dienone is 3. The molecule has 0 aliphatic heterocycles. The van der Waals surface area contributed by atoms with Crippen molar-refractivity contribution in [1.82, 2.24) is 9.97 Å². The molecule has 4 nitrogen and oxygen atoms in total. The Morgan fingerprint density at radius 2 is 2.00 bits per heavy atom. The van der Waals surface area contributed by atoms with Crippen molar-refractivity contribution in [3.8, 4) is 12.1 Å². The van der Waals surface area contributed by atoms with E-state index in [4.69, 9.17) is 10.5 Å². The molecule has 2 bridgehead atoms. The maximum atomic E-state index is 9.09. The van der Waals surface area contributed by atoms with Gasteiger partial charge in [-0.2, -0.15) is 10.5 Å². The van der Waals surface area contributed by atoms with E-state index in [2.05, 4.69) is 39.4 Å². The van der Waals surface area contributed by atoms with Gasteiger partial charge in [-0.1, -0.05) is 28.9 Å². The third-order valence-corrected chi connectivity index (χ3v) is 5.31. The molecule has 4 rings (SSSR count). The second-order valence-corrected chi connectivity index (χ2v) is 6.26. The normalized spacial score (nSPS) is 26.7. The number of aromatic nitrogens is 2. The van der Waals surface area contributed by atoms with Gasteiger partial charge in [0.2, 0.25) is 0 Å². The zero-order valence-corrected chi connectivity index (χ0v) is 12.5. The Morgan fingerprint density at radius 1 is 1.35 bits per heavy atom. The third-order valence-electron chi connectivity index (χ3n) is 4.28. The van der Waals surface area contributed by atoms with E-state index in [1.54, 1.807) is 0 Å². The van der Waals surface area contributed by atoms with Crippen molar-refractivity contribution in [2.45, 2.75) is 19.8 Å². The van der Waals surface area contributed by atoms with Crippen LogP contribution in [0.4, 0.5) is 0 Å². The van der Waals surface area contributed by atoms with E-state index in [-0.39, 0.29) is 16.8 Å². The van der Waals surface area contributed by atoms with E-state index in [0.717, 1.165) is 27.9 Å². The fourth-order valence-electron chi connectivity index (χ4n) is 2.89. The van der Waals surface area contributed by atoms with Crippen molar-refractivity contribution >= 4 is 21.5 Å². The summed E-state index contributed by atoms with van der Waals surface area (Å²) in [6, 6.07) is 3.90. The van der Waals surface area contributed by atoms with Crippen LogP contribution in [0.2, 0.25) is 0 Å². The van der Waals surface area contributed by atoms with Gasteiger partial charge in [0, 0.05) is 16.8 Å². The molecule has 1 aromatic heterocycles. The second kappa shape index (κ2) is 4.26. The lowest BCUT2D eigenvalue weighted by Crippen LogP contribution is -2.30. The highest BCUT2D eigenvalue weighted by Gasteiger charge is 2.46. The number of fused-ring (bicyclic) bond motifs is 1. The molecule has 0 aromatic carbocycles. The first-order valence-corrected chi connectivity index (χ1v) is 7.07. The molecule has 2 atom stereocenters. The molecular weight excluding hydrogens is 316 g/mol. The molecule has 1 aromatic rings. The van der Waals surface area contributed by atoms with Gasteiger partial charge in [-0.25, -0.2) is 9.97 Å². The monoisotopic (exact) mass is 326 g/mol. The third kappa shape index (κ3) is 1.57. The molecule has 5 heteroatoms. The van der Waals surface area contributed by atoms with E-state index < -0.39 is 0 Å². The number of halogens is 1. The average Bonchev–Trinajstić information content (AvgIpc) is 2.64. The van der Waals surface area contributed by atoms with Gasteiger partial charge in [0.1, 0.15) is 12.1 Å². The van der Waals surface area contributed by atoms with E-state index in [0.29, 0.717) is 12.3 Å². The zero-order chi connectivity index (χ0) is 14.5. The highest BCUT2D eigenvalue weighted by atomic mass is 79.9. The molecule has 0 amide bonds. The van der Waals surface area contributed by atoms with Crippen molar-refractivity contribution in [3.05, 3.63) is 39.9 Å². The largest absolute Gasteiger partial charge is 0.237 e. The molecule has 3 aliphatic rings. The van der Waals surface area contributed by atoms with Gasteiger partial charge in [0.05, 0.1) is 11.4 Å². The highest BCUT2D eigenvalue weighted by molar-refractivity contribution is 9.11. The molecular formula is C15H11BrN4. The summed E-state index contributed by atoms with van der Waals surface area (Å²) in [5.74, 6) is 0.377. The van der Waals surface area contributed by atoms with Crippen molar-refractivity contribution in [2.75, 3.05) is 0 Å². The van der Waals surface area contributed by atoms with Crippen LogP contribution in [0.5, 0.6) is 0 Å². The Hall–Kier alpha value is -1.98. The van der Waals surface area contributed by atoms with Gasteiger partial charge in [-0.3, -0.25) is 0 Å². The smallest absolute Gasteiger partial charge is 0.177 e. The van der Waals surface area contributed by atoms with Crippen LogP contribution in [-0.2, 0) is 6.42 Å². The first-order valence-electron chi connectivity index (χ1n) is 6.27. The maximum absolute atomic E-state index is 9.09. The SMILES string of the molecule is C=CC1(C)Cc2nc(C#N)c(C#N)nc2C2=C(Br)[C@H]1C2. The molecule has 0 N–H and O–H groups in total. The van der Waals surface area contributed by atoms with Crippen LogP contribution in [0.25, 0.3) is 5.57 Å². The fourth-order valence-corrected chi connectivity index (χ4v) is 3.93. The highest BCUT2D eigenvalue weighted by Crippen LogP contribution is 2.57. The minimum Gasteiger partial charge on any atom is -0.237 e. The van der Waals surface area contributed by atoms with Crippen molar-refractivity contribution in [2.24, 2.45) is 11.3 Å². The van der Waals surface area contributed by atoms with Crippen molar-refractivity contribution < 1.29 is 0 Å². The lowest BCUT2D eigenvalue weighted by molar-refractivity contribution is 0.296. The molecule has 0 spiro atoms. The first-order chi connectivity index (χ1) is 9.54. The summed E-state index contributed by atoms with van der Waals surface area (Å²) >= 11 is 3.64. The van der Waals surface area contributed by atoms with E-state index in [1.165, 1.54) is 0 Å². The summed E-state index contributed by atoms with van der Waals surface area (Å²) < 4.78 is 1.13. The Bertz CT molecular complexity index is 750. The number of nitrogens with zero attached hydrogens (tertiary/aromatic N) is 4. The van der Waals surface area contributed by atoms with E-state index >= 15 is 0 Å². The number of hydrogen-bond acceptors (Lipinski definition) is 4. The van der Waals surface area contributed by atoms with Gasteiger partial charge in [-0.15, -0.1) is 6.58 Å². The molecule has 0 fully saturated rings. The van der Waals surface area contributed by atoms with Crippen LogP contribution < -0.4 is 0 Å². The molecule has 0 radical (unpaired) electrons. The molecule has 20 heavy (non-hydrogen) atoms. The first kappa shape index (κ1) is 13.0. The van der Waals surface area contributed by atoms with Crippen molar-refractivity contribution in [3.63, 3.8) is 0 Å². The summed E-state index contributed by atoms with van der Waals surface area (Å²) in [7, 11) is 0. The lowest BCUT2D eigenvalue weighted by Gasteiger charge is -2.39. The van der Waals surface area contributed by atoms with Crippen LogP contribution in [-0.4, -0.2) is 9.97 Å². The summed E-state index contributed by atoms with van der Waals surface area (Å²) in [5, 5.41) is 18.2. The second-order valence-electron chi connectivity index (χ2n) is 5.41. The van der Waals surface area contributed by atoms with Crippen molar-refractivity contribution in [1.29, 1.82) is 10.5 Å². The predicted octanol–water partition coefficient (Wildman–Crippen LogP) is 3.09. The molecule has 1 heterocycles. The maximum Gasteiger partial charge on any atom is 0.177 e. The Balaban J connectivity index is 2.28. The Kier molecular flexibility index (Phi) is 2.77. The van der Waals surface area contributed by atoms with Crippen LogP contribution in [0.15, 0.2) is 17.1 Å². The van der Waals surface area contributed by atoms with Gasteiger partial charge < -0.3 is 0 Å². The molecule has 98 valence electrons. The summed E-state index contributed by atoms with van der Waals surface area (Å²) in [4.78, 5) is 8.73. The summed E-state index contributed by atoms with van der Waals surface area (Å²) in [5.41, 5.74) is 2.75. The Morgan fingerprint density at radius 3 is 2.55 bits per heavy atom. The summed E-state index contributed by atoms with van der Waals surface area (Å²) in [6.07, 6.45) is 3.54. The van der Waals surface area contributed by atoms with Crippen LogP contribution in [0.3, 0.4) is 0 Å². The van der Waals surface area contributed by atoms with E-state index in [1.807, 2.05) is 18.2 Å². The molecule has 1 unspecified atom stereocenters. The molecule has 0 saturated heterocycles. The number of rotatable bonds is 1. The topological polar surface area (TPSA) is 73.4 Å². The summed E-state index contributed by atoms with van der Waals surface area (Å²) in [6.45, 7) is 6.09. The van der Waals surface area contributed by atoms with Gasteiger partial charge in [0.25, 0.3) is 0 Å². The molecule has 0 saturated carbocycles. The van der Waals surface area contributed by atoms with Crippen LogP contribution in [0, 0.1) is 34.0 Å². The fraction of sp³-hybridized carbons (Fsp3) is 0.333. The van der Waals surface area contributed by atoms with Gasteiger partial charge >= 0.3 is 0 Å². The van der Waals surface area contributed by atoms with Crippen LogP contribution >= 0.6 is 15.9 Å². The number of hydrogen-bond donors (Lipinski definition) is 0. The minimum absolute atomic E-state index is 0.102. The zero-order valence-electron chi connectivity index (χ0n) is 10.9. The number of nitriles is 2. The standard InChI is InChI=1S/C15H11BrN4/c1-3-15(2)5-10-14(8-4-9(15)13(8)16)20-12(7-18)11(6-17)19-10/h3,9H,1,4-5H2,2H3/t9-,15?/m1/s1. The van der Waals surface area contributed by atoms with E-state index in [9.17, 15) is 0 Å². The van der Waals surface area contributed by atoms with Gasteiger partial charge in [0.15, 0.2) is 11.4 Å². The lowest BCUT2D eigenvalue weighted by atomic mass is 9.68. The Labute approximate surface area is 125 Å². The van der Waals surface area contributed by atoms with Crippen LogP contribution in [0.1, 0.15) is 36.1 Å².